The number of carbonyl (C=O) groups excluding carboxylic acids is 2. The molecular weight excluding hydrogens is 428 g/mol. The van der Waals surface area contributed by atoms with Crippen LogP contribution in [0.25, 0.3) is 11.0 Å². The van der Waals surface area contributed by atoms with Gasteiger partial charge in [-0.15, -0.1) is 0 Å². The second-order valence-electron chi connectivity index (χ2n) is 6.81. The number of benzene rings is 2. The minimum atomic E-state index is -0.848. The molecule has 0 aliphatic rings. The number of rotatable bonds is 8. The van der Waals surface area contributed by atoms with E-state index < -0.39 is 23.4 Å². The molecule has 0 radical (unpaired) electrons. The highest BCUT2D eigenvalue weighted by Gasteiger charge is 2.24. The molecule has 0 atom stereocenters. The predicted octanol–water partition coefficient (Wildman–Crippen LogP) is 4.71. The Morgan fingerprint density at radius 2 is 1.97 bits per heavy atom. The van der Waals surface area contributed by atoms with Gasteiger partial charge in [0, 0.05) is 22.0 Å². The molecule has 0 aliphatic carbocycles. The van der Waals surface area contributed by atoms with Crippen molar-refractivity contribution in [1.29, 1.82) is 0 Å². The molecule has 2 aromatic carbocycles. The van der Waals surface area contributed by atoms with E-state index in [1.165, 1.54) is 12.1 Å². The molecule has 0 saturated heterocycles. The summed E-state index contributed by atoms with van der Waals surface area (Å²) >= 11 is 5.75. The molecule has 1 heterocycles. The smallest absolute Gasteiger partial charge is 0.375 e. The van der Waals surface area contributed by atoms with Gasteiger partial charge in [-0.25, -0.2) is 4.79 Å². The normalized spacial score (nSPS) is 11.0. The number of nitro benzene ring substituents is 1. The van der Waals surface area contributed by atoms with Crippen LogP contribution in [0, 0.1) is 10.1 Å². The van der Waals surface area contributed by atoms with Gasteiger partial charge in [0.15, 0.2) is 6.61 Å². The van der Waals surface area contributed by atoms with E-state index in [0.717, 1.165) is 6.07 Å². The summed E-state index contributed by atoms with van der Waals surface area (Å²) in [7, 11) is 0. The van der Waals surface area contributed by atoms with Crippen LogP contribution >= 0.6 is 11.6 Å². The van der Waals surface area contributed by atoms with Crippen LogP contribution in [0.15, 0.2) is 46.9 Å². The number of amides is 1. The number of hydrogen-bond acceptors (Lipinski definition) is 7. The first-order chi connectivity index (χ1) is 14.8. The van der Waals surface area contributed by atoms with Gasteiger partial charge < -0.3 is 19.2 Å². The fourth-order valence-electron chi connectivity index (χ4n) is 2.80. The van der Waals surface area contributed by atoms with Gasteiger partial charge in [-0.2, -0.15) is 0 Å². The van der Waals surface area contributed by atoms with Crippen LogP contribution in [0.3, 0.4) is 0 Å². The van der Waals surface area contributed by atoms with Gasteiger partial charge >= 0.3 is 5.97 Å². The molecule has 3 rings (SSSR count). The lowest BCUT2D eigenvalue weighted by Gasteiger charge is -2.09. The minimum Gasteiger partial charge on any atom is -0.450 e. The van der Waals surface area contributed by atoms with E-state index in [-0.39, 0.29) is 34.9 Å². The molecule has 162 valence electrons. The van der Waals surface area contributed by atoms with Crippen molar-refractivity contribution in [2.24, 2.45) is 0 Å². The van der Waals surface area contributed by atoms with Gasteiger partial charge in [-0.3, -0.25) is 14.9 Å². The van der Waals surface area contributed by atoms with Gasteiger partial charge in [0.05, 0.1) is 17.6 Å². The number of carbonyl (C=O) groups is 2. The van der Waals surface area contributed by atoms with Gasteiger partial charge in [-0.05, 0) is 32.0 Å². The van der Waals surface area contributed by atoms with Crippen molar-refractivity contribution in [3.63, 3.8) is 0 Å². The number of anilines is 1. The highest BCUT2D eigenvalue weighted by molar-refractivity contribution is 6.31. The number of para-hydroxylation sites is 1. The van der Waals surface area contributed by atoms with E-state index >= 15 is 0 Å². The van der Waals surface area contributed by atoms with Gasteiger partial charge in [-0.1, -0.05) is 29.8 Å². The second kappa shape index (κ2) is 9.59. The number of nitrogens with one attached hydrogen (secondary N) is 1. The summed E-state index contributed by atoms with van der Waals surface area (Å²) in [6, 6.07) is 10.9. The molecule has 1 aromatic heterocycles. The monoisotopic (exact) mass is 446 g/mol. The SMILES string of the molecule is CC(C)OCc1c(C(=O)OCC(=O)Nc2ccc(Cl)cc2[N+](=O)[O-])oc2ccccc12. The molecule has 0 unspecified atom stereocenters. The summed E-state index contributed by atoms with van der Waals surface area (Å²) < 4.78 is 16.3. The maximum atomic E-state index is 12.6. The number of hydrogen-bond donors (Lipinski definition) is 1. The summed E-state index contributed by atoms with van der Waals surface area (Å²) in [6.45, 7) is 3.18. The van der Waals surface area contributed by atoms with Crippen molar-refractivity contribution < 1.29 is 28.4 Å². The van der Waals surface area contributed by atoms with Gasteiger partial charge in [0.1, 0.15) is 11.3 Å². The lowest BCUT2D eigenvalue weighted by Crippen LogP contribution is -2.21. The van der Waals surface area contributed by atoms with Crippen LogP contribution in [-0.2, 0) is 20.9 Å². The Bertz CT molecular complexity index is 1140. The number of ether oxygens (including phenoxy) is 2. The average Bonchev–Trinajstić information content (AvgIpc) is 3.10. The van der Waals surface area contributed by atoms with E-state index in [1.807, 2.05) is 13.8 Å². The van der Waals surface area contributed by atoms with E-state index in [2.05, 4.69) is 5.32 Å². The predicted molar refractivity (Wildman–Crippen MR) is 113 cm³/mol. The first-order valence-electron chi connectivity index (χ1n) is 9.29. The average molecular weight is 447 g/mol. The molecule has 1 amide bonds. The zero-order chi connectivity index (χ0) is 22.5. The zero-order valence-electron chi connectivity index (χ0n) is 16.7. The Labute approximate surface area is 182 Å². The van der Waals surface area contributed by atoms with Gasteiger partial charge in [0.25, 0.3) is 11.6 Å². The quantitative estimate of drug-likeness (QED) is 0.302. The first kappa shape index (κ1) is 22.3. The van der Waals surface area contributed by atoms with E-state index in [0.29, 0.717) is 16.5 Å². The Balaban J connectivity index is 1.72. The third-order valence-electron chi connectivity index (χ3n) is 4.21. The lowest BCUT2D eigenvalue weighted by atomic mass is 10.1. The topological polar surface area (TPSA) is 121 Å². The van der Waals surface area contributed by atoms with Crippen LogP contribution in [0.1, 0.15) is 30.0 Å². The van der Waals surface area contributed by atoms with E-state index in [4.69, 9.17) is 25.5 Å². The molecule has 10 heteroatoms. The number of esters is 1. The fraction of sp³-hybridized carbons (Fsp3) is 0.238. The maximum absolute atomic E-state index is 12.6. The maximum Gasteiger partial charge on any atom is 0.375 e. The van der Waals surface area contributed by atoms with Crippen LogP contribution in [0.4, 0.5) is 11.4 Å². The lowest BCUT2D eigenvalue weighted by molar-refractivity contribution is -0.383. The van der Waals surface area contributed by atoms with Crippen molar-refractivity contribution in [2.45, 2.75) is 26.6 Å². The number of furan rings is 1. The largest absolute Gasteiger partial charge is 0.450 e. The molecule has 0 spiro atoms. The van der Waals surface area contributed by atoms with E-state index in [9.17, 15) is 19.7 Å². The number of halogens is 1. The fourth-order valence-corrected chi connectivity index (χ4v) is 2.97. The van der Waals surface area contributed by atoms with Gasteiger partial charge in [0.2, 0.25) is 5.76 Å². The summed E-state index contributed by atoms with van der Waals surface area (Å²) in [6.07, 6.45) is -0.0709. The Hall–Kier alpha value is -3.43. The Morgan fingerprint density at radius 3 is 2.68 bits per heavy atom. The zero-order valence-corrected chi connectivity index (χ0v) is 17.5. The Kier molecular flexibility index (Phi) is 6.88. The molecule has 1 N–H and O–H groups in total. The van der Waals surface area contributed by atoms with Crippen LogP contribution in [0.2, 0.25) is 5.02 Å². The highest BCUT2D eigenvalue weighted by atomic mass is 35.5. The van der Waals surface area contributed by atoms with Crippen molar-refractivity contribution in [1.82, 2.24) is 0 Å². The standard InChI is InChI=1S/C21H19ClN2O7/c1-12(2)29-10-15-14-5-3-4-6-18(14)31-20(15)21(26)30-11-19(25)23-16-8-7-13(22)9-17(16)24(27)28/h3-9,12H,10-11H2,1-2H3,(H,23,25). The van der Waals surface area contributed by atoms with Crippen LogP contribution < -0.4 is 5.32 Å². The molecule has 0 bridgehead atoms. The second-order valence-corrected chi connectivity index (χ2v) is 7.24. The molecule has 0 saturated carbocycles. The van der Waals surface area contributed by atoms with Crippen LogP contribution in [0.5, 0.6) is 0 Å². The van der Waals surface area contributed by atoms with Crippen molar-refractivity contribution in [2.75, 3.05) is 11.9 Å². The third kappa shape index (κ3) is 5.39. The minimum absolute atomic E-state index is 0.0628. The third-order valence-corrected chi connectivity index (χ3v) is 4.44. The number of nitrogens with zero attached hydrogens (tertiary/aromatic N) is 1. The van der Waals surface area contributed by atoms with Crippen molar-refractivity contribution in [3.05, 3.63) is 68.9 Å². The van der Waals surface area contributed by atoms with Crippen molar-refractivity contribution in [3.8, 4) is 0 Å². The van der Waals surface area contributed by atoms with E-state index in [1.54, 1.807) is 24.3 Å². The molecule has 3 aromatic rings. The summed E-state index contributed by atoms with van der Waals surface area (Å²) in [5.74, 6) is -1.67. The summed E-state index contributed by atoms with van der Waals surface area (Å²) in [5, 5.41) is 14.3. The van der Waals surface area contributed by atoms with Crippen LogP contribution in [-0.4, -0.2) is 29.5 Å². The molecule has 31 heavy (non-hydrogen) atoms. The summed E-state index contributed by atoms with van der Waals surface area (Å²) in [4.78, 5) is 35.2. The Morgan fingerprint density at radius 1 is 1.23 bits per heavy atom. The van der Waals surface area contributed by atoms with Crippen molar-refractivity contribution >= 4 is 45.8 Å². The summed E-state index contributed by atoms with van der Waals surface area (Å²) in [5.41, 5.74) is 0.559. The number of fused-ring (bicyclic) bond motifs is 1. The molecule has 0 fully saturated rings. The molecule has 0 aliphatic heterocycles. The first-order valence-corrected chi connectivity index (χ1v) is 9.67. The molecule has 9 nitrogen and oxygen atoms in total. The highest BCUT2D eigenvalue weighted by Crippen LogP contribution is 2.29. The molecular formula is C21H19ClN2O7. The number of nitro groups is 1.